The molecule has 180 valence electrons. The van der Waals surface area contributed by atoms with Gasteiger partial charge < -0.3 is 15.0 Å². The second-order valence-corrected chi connectivity index (χ2v) is 7.20. The Hall–Kier alpha value is -3.83. The van der Waals surface area contributed by atoms with Crippen LogP contribution in [0.2, 0.25) is 0 Å². The highest BCUT2D eigenvalue weighted by Crippen LogP contribution is 2.37. The summed E-state index contributed by atoms with van der Waals surface area (Å²) in [6.45, 7) is 2.75. The van der Waals surface area contributed by atoms with Crippen molar-refractivity contribution in [3.8, 4) is 0 Å². The summed E-state index contributed by atoms with van der Waals surface area (Å²) in [6.07, 6.45) is -10.5. The lowest BCUT2D eigenvalue weighted by molar-refractivity contribution is -0.147. The largest absolute Gasteiger partial charge is 0.456 e. The van der Waals surface area contributed by atoms with Gasteiger partial charge in [-0.3, -0.25) is 14.4 Å². The Kier molecular flexibility index (Phi) is 6.71. The Bertz CT molecular complexity index is 1090. The van der Waals surface area contributed by atoms with Gasteiger partial charge in [0.2, 0.25) is 0 Å². The minimum atomic E-state index is -5.08. The molecule has 0 aromatic heterocycles. The SMILES string of the molecule is C=C1c2ccccc2C(=O)N1CCC(=O)OCC(=O)Nc1cc(C(F)(F)F)cc(C(F)(F)F)c1. The highest BCUT2D eigenvalue weighted by molar-refractivity contribution is 6.08. The van der Waals surface area contributed by atoms with Crippen LogP contribution in [0.1, 0.15) is 33.5 Å². The maximum absolute atomic E-state index is 12.9. The van der Waals surface area contributed by atoms with Gasteiger partial charge in [0.15, 0.2) is 6.61 Å². The zero-order valence-corrected chi connectivity index (χ0v) is 17.2. The fourth-order valence-corrected chi connectivity index (χ4v) is 3.22. The van der Waals surface area contributed by atoms with E-state index in [0.29, 0.717) is 29.0 Å². The number of halogens is 6. The molecular weight excluding hydrogens is 470 g/mol. The highest BCUT2D eigenvalue weighted by Gasteiger charge is 2.37. The zero-order valence-electron chi connectivity index (χ0n) is 17.2. The number of fused-ring (bicyclic) bond motifs is 1. The number of carbonyl (C=O) groups is 3. The van der Waals surface area contributed by atoms with Crippen molar-refractivity contribution >= 4 is 29.2 Å². The molecule has 0 saturated carbocycles. The van der Waals surface area contributed by atoms with Crippen LogP contribution >= 0.6 is 0 Å². The van der Waals surface area contributed by atoms with Gasteiger partial charge in [-0.1, -0.05) is 24.8 Å². The van der Waals surface area contributed by atoms with Crippen LogP contribution in [0.3, 0.4) is 0 Å². The number of ether oxygens (including phenoxy) is 1. The lowest BCUT2D eigenvalue weighted by atomic mass is 10.1. The first-order valence-corrected chi connectivity index (χ1v) is 9.62. The standard InChI is InChI=1S/C22H16F6N2O4/c1-12-16-4-2-3-5-17(16)20(33)30(12)7-6-19(32)34-11-18(31)29-15-9-13(21(23,24)25)8-14(10-15)22(26,27)28/h2-5,8-10H,1,6-7,11H2,(H,29,31). The molecule has 0 atom stereocenters. The number of alkyl halides is 6. The fraction of sp³-hybridized carbons (Fsp3) is 0.227. The Labute approximate surface area is 188 Å². The molecule has 0 radical (unpaired) electrons. The van der Waals surface area contributed by atoms with E-state index in [2.05, 4.69) is 6.58 Å². The van der Waals surface area contributed by atoms with E-state index in [1.165, 1.54) is 4.90 Å². The van der Waals surface area contributed by atoms with Crippen LogP contribution in [0.5, 0.6) is 0 Å². The van der Waals surface area contributed by atoms with Crippen LogP contribution < -0.4 is 5.32 Å². The molecule has 0 aliphatic carbocycles. The summed E-state index contributed by atoms with van der Waals surface area (Å²) in [4.78, 5) is 37.5. The predicted octanol–water partition coefficient (Wildman–Crippen LogP) is 4.72. The maximum atomic E-state index is 12.9. The summed E-state index contributed by atoms with van der Waals surface area (Å²) in [7, 11) is 0. The fourth-order valence-electron chi connectivity index (χ4n) is 3.22. The second kappa shape index (κ2) is 9.20. The molecule has 0 unspecified atom stereocenters. The van der Waals surface area contributed by atoms with Crippen molar-refractivity contribution in [3.63, 3.8) is 0 Å². The topological polar surface area (TPSA) is 75.7 Å². The summed E-state index contributed by atoms with van der Waals surface area (Å²) in [6, 6.07) is 7.26. The third kappa shape index (κ3) is 5.56. The normalized spacial score (nSPS) is 13.6. The Morgan fingerprint density at radius 3 is 2.03 bits per heavy atom. The van der Waals surface area contributed by atoms with E-state index >= 15 is 0 Å². The number of amides is 2. The number of nitrogens with zero attached hydrogens (tertiary/aromatic N) is 1. The predicted molar refractivity (Wildman–Crippen MR) is 107 cm³/mol. The van der Waals surface area contributed by atoms with Crippen molar-refractivity contribution in [2.24, 2.45) is 0 Å². The van der Waals surface area contributed by atoms with E-state index in [0.717, 1.165) is 0 Å². The van der Waals surface area contributed by atoms with E-state index in [1.807, 2.05) is 5.32 Å². The molecule has 0 saturated heterocycles. The van der Waals surface area contributed by atoms with E-state index in [9.17, 15) is 40.7 Å². The van der Waals surface area contributed by atoms with Crippen LogP contribution in [-0.4, -0.2) is 35.8 Å². The molecule has 3 rings (SSSR count). The second-order valence-electron chi connectivity index (χ2n) is 7.20. The van der Waals surface area contributed by atoms with Gasteiger partial charge in [-0.05, 0) is 24.3 Å². The number of benzene rings is 2. The number of anilines is 1. The number of rotatable bonds is 6. The summed E-state index contributed by atoms with van der Waals surface area (Å²) in [5.41, 5.74) is -2.56. The van der Waals surface area contributed by atoms with Crippen LogP contribution in [0.15, 0.2) is 49.0 Å². The number of carbonyl (C=O) groups excluding carboxylic acids is 3. The molecule has 0 fully saturated rings. The Morgan fingerprint density at radius 2 is 1.50 bits per heavy atom. The molecule has 1 N–H and O–H groups in total. The number of esters is 1. The molecule has 6 nitrogen and oxygen atoms in total. The van der Waals surface area contributed by atoms with Gasteiger partial charge in [-0.25, -0.2) is 0 Å². The van der Waals surface area contributed by atoms with Gasteiger partial charge in [0, 0.05) is 29.1 Å². The molecule has 0 bridgehead atoms. The molecule has 12 heteroatoms. The first-order chi connectivity index (χ1) is 15.8. The lowest BCUT2D eigenvalue weighted by Gasteiger charge is -2.17. The van der Waals surface area contributed by atoms with E-state index < -0.39 is 47.7 Å². The van der Waals surface area contributed by atoms with E-state index in [1.54, 1.807) is 24.3 Å². The highest BCUT2D eigenvalue weighted by atomic mass is 19.4. The van der Waals surface area contributed by atoms with Crippen molar-refractivity contribution in [1.29, 1.82) is 0 Å². The van der Waals surface area contributed by atoms with Gasteiger partial charge >= 0.3 is 18.3 Å². The Morgan fingerprint density at radius 1 is 0.941 bits per heavy atom. The van der Waals surface area contributed by atoms with Gasteiger partial charge in [0.1, 0.15) is 0 Å². The van der Waals surface area contributed by atoms with Crippen molar-refractivity contribution in [3.05, 3.63) is 71.3 Å². The number of hydrogen-bond donors (Lipinski definition) is 1. The quantitative estimate of drug-likeness (QED) is 0.474. The molecule has 1 aliphatic heterocycles. The number of hydrogen-bond acceptors (Lipinski definition) is 4. The molecule has 1 aliphatic rings. The van der Waals surface area contributed by atoms with Crippen molar-refractivity contribution in [2.75, 3.05) is 18.5 Å². The van der Waals surface area contributed by atoms with Gasteiger partial charge in [-0.2, -0.15) is 26.3 Å². The van der Waals surface area contributed by atoms with Crippen LogP contribution in [-0.2, 0) is 26.7 Å². The summed E-state index contributed by atoms with van der Waals surface area (Å²) < 4.78 is 82.1. The monoisotopic (exact) mass is 486 g/mol. The van der Waals surface area contributed by atoms with E-state index in [4.69, 9.17) is 4.74 Å². The minimum absolute atomic E-state index is 0.0819. The number of nitrogens with one attached hydrogen (secondary N) is 1. The average Bonchev–Trinajstić information content (AvgIpc) is 2.99. The molecule has 1 heterocycles. The first-order valence-electron chi connectivity index (χ1n) is 9.62. The lowest BCUT2D eigenvalue weighted by Crippen LogP contribution is -2.27. The first kappa shape index (κ1) is 24.8. The van der Waals surface area contributed by atoms with Gasteiger partial charge in [0.05, 0.1) is 17.5 Å². The van der Waals surface area contributed by atoms with E-state index in [-0.39, 0.29) is 24.9 Å². The van der Waals surface area contributed by atoms with Crippen molar-refractivity contribution in [2.45, 2.75) is 18.8 Å². The smallest absolute Gasteiger partial charge is 0.416 e. The minimum Gasteiger partial charge on any atom is -0.456 e. The molecule has 2 aromatic carbocycles. The van der Waals surface area contributed by atoms with Crippen molar-refractivity contribution < 1.29 is 45.5 Å². The third-order valence-corrected chi connectivity index (χ3v) is 4.81. The maximum Gasteiger partial charge on any atom is 0.416 e. The zero-order chi connectivity index (χ0) is 25.3. The van der Waals surface area contributed by atoms with Gasteiger partial charge in [0.25, 0.3) is 11.8 Å². The summed E-state index contributed by atoms with van der Waals surface area (Å²) in [5.74, 6) is -2.42. The van der Waals surface area contributed by atoms with Gasteiger partial charge in [-0.15, -0.1) is 0 Å². The van der Waals surface area contributed by atoms with Crippen LogP contribution in [0, 0.1) is 0 Å². The summed E-state index contributed by atoms with van der Waals surface area (Å²) in [5, 5.41) is 1.85. The van der Waals surface area contributed by atoms with Crippen LogP contribution in [0.4, 0.5) is 32.0 Å². The van der Waals surface area contributed by atoms with Crippen LogP contribution in [0.25, 0.3) is 5.70 Å². The average molecular weight is 486 g/mol. The Balaban J connectivity index is 1.56. The molecular formula is C22H16F6N2O4. The molecule has 2 amide bonds. The summed E-state index contributed by atoms with van der Waals surface area (Å²) >= 11 is 0. The molecule has 0 spiro atoms. The third-order valence-electron chi connectivity index (χ3n) is 4.81. The molecule has 34 heavy (non-hydrogen) atoms. The molecule has 2 aromatic rings. The van der Waals surface area contributed by atoms with Crippen molar-refractivity contribution in [1.82, 2.24) is 4.90 Å².